The van der Waals surface area contributed by atoms with Gasteiger partial charge in [0.15, 0.2) is 0 Å². The van der Waals surface area contributed by atoms with Crippen molar-refractivity contribution in [2.45, 2.75) is 39.0 Å². The molecule has 0 aliphatic carbocycles. The molecule has 0 saturated carbocycles. The molecule has 1 aliphatic heterocycles. The minimum absolute atomic E-state index is 0.0720. The Kier molecular flexibility index (Phi) is 7.06. The number of nitrogens with zero attached hydrogens (tertiary/aromatic N) is 2. The van der Waals surface area contributed by atoms with Crippen molar-refractivity contribution >= 4 is 23.3 Å². The van der Waals surface area contributed by atoms with Crippen LogP contribution in [-0.2, 0) is 11.2 Å². The summed E-state index contributed by atoms with van der Waals surface area (Å²) in [7, 11) is 0. The molecular formula is C23H29N3O2. The summed E-state index contributed by atoms with van der Waals surface area (Å²) < 4.78 is 0. The Morgan fingerprint density at radius 1 is 1.04 bits per heavy atom. The number of nitrogens with one attached hydrogen (secondary N) is 1. The average Bonchev–Trinajstić information content (AvgIpc) is 2.95. The van der Waals surface area contributed by atoms with Crippen molar-refractivity contribution < 1.29 is 9.59 Å². The van der Waals surface area contributed by atoms with E-state index in [1.165, 1.54) is 5.56 Å². The zero-order valence-electron chi connectivity index (χ0n) is 16.6. The number of urea groups is 1. The lowest BCUT2D eigenvalue weighted by Gasteiger charge is -2.23. The van der Waals surface area contributed by atoms with Crippen LogP contribution in [0.1, 0.15) is 38.2 Å². The largest absolute Gasteiger partial charge is 0.338 e. The van der Waals surface area contributed by atoms with Gasteiger partial charge >= 0.3 is 6.03 Å². The summed E-state index contributed by atoms with van der Waals surface area (Å²) in [5.41, 5.74) is 3.15. The number of para-hydroxylation sites is 2. The molecule has 1 aliphatic rings. The standard InChI is InChI=1S/C23H29N3O2/c1-2-25(20-13-4-3-5-14-20)22(27)16-10-17-24-23(28)26-18-9-8-12-19-11-6-7-15-21(19)26/h3-7,11,13-15H,2,8-10,12,16-18H2,1H3,(H,24,28). The molecule has 0 saturated heterocycles. The van der Waals surface area contributed by atoms with Crippen molar-refractivity contribution in [3.05, 3.63) is 60.2 Å². The highest BCUT2D eigenvalue weighted by atomic mass is 16.2. The third kappa shape index (κ3) is 4.91. The Balaban J connectivity index is 1.50. The Labute approximate surface area is 167 Å². The lowest BCUT2D eigenvalue weighted by molar-refractivity contribution is -0.118. The molecule has 28 heavy (non-hydrogen) atoms. The van der Waals surface area contributed by atoms with Gasteiger partial charge in [-0.2, -0.15) is 0 Å². The van der Waals surface area contributed by atoms with Crippen molar-refractivity contribution in [3.63, 3.8) is 0 Å². The summed E-state index contributed by atoms with van der Waals surface area (Å²) in [6.45, 7) is 3.85. The number of fused-ring (bicyclic) bond motifs is 1. The summed E-state index contributed by atoms with van der Waals surface area (Å²) in [6, 6.07) is 17.8. The molecule has 0 radical (unpaired) electrons. The third-order valence-corrected chi connectivity index (χ3v) is 5.13. The van der Waals surface area contributed by atoms with E-state index in [-0.39, 0.29) is 11.9 Å². The predicted molar refractivity (Wildman–Crippen MR) is 114 cm³/mol. The van der Waals surface area contributed by atoms with Crippen LogP contribution in [0.3, 0.4) is 0 Å². The van der Waals surface area contributed by atoms with Crippen LogP contribution in [0.2, 0.25) is 0 Å². The van der Waals surface area contributed by atoms with Gasteiger partial charge in [-0.25, -0.2) is 4.79 Å². The molecule has 0 aromatic heterocycles. The lowest BCUT2D eigenvalue weighted by Crippen LogP contribution is -2.41. The molecule has 2 aromatic rings. The van der Waals surface area contributed by atoms with Crippen LogP contribution in [0, 0.1) is 0 Å². The number of aryl methyl sites for hydroxylation is 1. The molecule has 0 unspecified atom stereocenters. The molecule has 5 heteroatoms. The highest BCUT2D eigenvalue weighted by Gasteiger charge is 2.20. The minimum Gasteiger partial charge on any atom is -0.338 e. The van der Waals surface area contributed by atoms with E-state index < -0.39 is 0 Å². The molecule has 0 fully saturated rings. The first-order valence-corrected chi connectivity index (χ1v) is 10.2. The van der Waals surface area contributed by atoms with Gasteiger partial charge in [0.25, 0.3) is 0 Å². The van der Waals surface area contributed by atoms with Gasteiger partial charge in [0.2, 0.25) is 5.91 Å². The van der Waals surface area contributed by atoms with Gasteiger partial charge in [-0.05, 0) is 56.4 Å². The molecule has 148 valence electrons. The smallest absolute Gasteiger partial charge is 0.321 e. The summed E-state index contributed by atoms with van der Waals surface area (Å²) in [6.07, 6.45) is 4.16. The van der Waals surface area contributed by atoms with Gasteiger partial charge in [-0.1, -0.05) is 36.4 Å². The molecule has 0 bridgehead atoms. The van der Waals surface area contributed by atoms with Crippen molar-refractivity contribution in [2.24, 2.45) is 0 Å². The van der Waals surface area contributed by atoms with E-state index in [4.69, 9.17) is 0 Å². The van der Waals surface area contributed by atoms with Gasteiger partial charge in [0.1, 0.15) is 0 Å². The van der Waals surface area contributed by atoms with E-state index in [0.29, 0.717) is 25.9 Å². The fourth-order valence-corrected chi connectivity index (χ4v) is 3.68. The van der Waals surface area contributed by atoms with Gasteiger partial charge < -0.3 is 10.2 Å². The lowest BCUT2D eigenvalue weighted by atomic mass is 10.1. The monoisotopic (exact) mass is 379 g/mol. The Hall–Kier alpha value is -2.82. The summed E-state index contributed by atoms with van der Waals surface area (Å²) >= 11 is 0. The molecule has 5 nitrogen and oxygen atoms in total. The molecular weight excluding hydrogens is 350 g/mol. The van der Waals surface area contributed by atoms with E-state index in [1.807, 2.05) is 60.4 Å². The zero-order chi connectivity index (χ0) is 19.8. The van der Waals surface area contributed by atoms with E-state index in [0.717, 1.165) is 37.2 Å². The van der Waals surface area contributed by atoms with Gasteiger partial charge in [-0.15, -0.1) is 0 Å². The maximum Gasteiger partial charge on any atom is 0.321 e. The Bertz CT molecular complexity index is 791. The molecule has 1 heterocycles. The SMILES string of the molecule is CCN(C(=O)CCCNC(=O)N1CCCCc2ccccc21)c1ccccc1. The van der Waals surface area contributed by atoms with Crippen molar-refractivity contribution in [1.29, 1.82) is 0 Å². The Morgan fingerprint density at radius 3 is 2.57 bits per heavy atom. The topological polar surface area (TPSA) is 52.7 Å². The quantitative estimate of drug-likeness (QED) is 0.758. The first kappa shape index (κ1) is 19.9. The van der Waals surface area contributed by atoms with E-state index in [1.54, 1.807) is 4.90 Å². The molecule has 2 aromatic carbocycles. The van der Waals surface area contributed by atoms with Crippen molar-refractivity contribution in [1.82, 2.24) is 5.32 Å². The van der Waals surface area contributed by atoms with Crippen molar-refractivity contribution in [2.75, 3.05) is 29.4 Å². The van der Waals surface area contributed by atoms with Gasteiger partial charge in [-0.3, -0.25) is 9.69 Å². The second kappa shape index (κ2) is 9.93. The third-order valence-electron chi connectivity index (χ3n) is 5.13. The van der Waals surface area contributed by atoms with Crippen LogP contribution in [0.4, 0.5) is 16.2 Å². The number of carbonyl (C=O) groups is 2. The highest BCUT2D eigenvalue weighted by Crippen LogP contribution is 2.26. The minimum atomic E-state index is -0.0720. The van der Waals surface area contributed by atoms with Gasteiger partial charge in [0.05, 0.1) is 0 Å². The fourth-order valence-electron chi connectivity index (χ4n) is 3.68. The number of hydrogen-bond donors (Lipinski definition) is 1. The number of benzene rings is 2. The number of rotatable bonds is 6. The number of anilines is 2. The van der Waals surface area contributed by atoms with Gasteiger partial charge in [0, 0.05) is 37.4 Å². The predicted octanol–water partition coefficient (Wildman–Crippen LogP) is 4.37. The van der Waals surface area contributed by atoms with Crippen LogP contribution in [0.5, 0.6) is 0 Å². The molecule has 0 atom stereocenters. The van der Waals surface area contributed by atoms with Crippen LogP contribution in [0.15, 0.2) is 54.6 Å². The van der Waals surface area contributed by atoms with Crippen LogP contribution in [-0.4, -0.2) is 31.6 Å². The number of amides is 3. The number of hydrogen-bond acceptors (Lipinski definition) is 2. The fraction of sp³-hybridized carbons (Fsp3) is 0.391. The molecule has 3 rings (SSSR count). The maximum atomic E-state index is 12.7. The Morgan fingerprint density at radius 2 is 1.79 bits per heavy atom. The van der Waals surface area contributed by atoms with Crippen LogP contribution < -0.4 is 15.1 Å². The normalized spacial score (nSPS) is 13.4. The summed E-state index contributed by atoms with van der Waals surface area (Å²) in [5.74, 6) is 0.0862. The van der Waals surface area contributed by atoms with Crippen LogP contribution in [0.25, 0.3) is 0 Å². The first-order valence-electron chi connectivity index (χ1n) is 10.2. The van der Waals surface area contributed by atoms with Crippen molar-refractivity contribution in [3.8, 4) is 0 Å². The molecule has 1 N–H and O–H groups in total. The van der Waals surface area contributed by atoms with E-state index in [9.17, 15) is 9.59 Å². The zero-order valence-corrected chi connectivity index (χ0v) is 16.6. The van der Waals surface area contributed by atoms with E-state index >= 15 is 0 Å². The average molecular weight is 380 g/mol. The van der Waals surface area contributed by atoms with E-state index in [2.05, 4.69) is 11.4 Å². The first-order chi connectivity index (χ1) is 13.7. The van der Waals surface area contributed by atoms with Crippen LogP contribution >= 0.6 is 0 Å². The highest BCUT2D eigenvalue weighted by molar-refractivity contribution is 5.94. The maximum absolute atomic E-state index is 12.7. The molecule has 0 spiro atoms. The summed E-state index contributed by atoms with van der Waals surface area (Å²) in [5, 5.41) is 2.99. The second-order valence-corrected chi connectivity index (χ2v) is 7.05. The molecule has 3 amide bonds. The summed E-state index contributed by atoms with van der Waals surface area (Å²) in [4.78, 5) is 28.8. The second-order valence-electron chi connectivity index (χ2n) is 7.05. The number of carbonyl (C=O) groups excluding carboxylic acids is 2.